The zero-order chi connectivity index (χ0) is 21.1. The molecule has 0 aliphatic rings. The van der Waals surface area contributed by atoms with Gasteiger partial charge < -0.3 is 13.7 Å². The highest BCUT2D eigenvalue weighted by molar-refractivity contribution is 7.89. The van der Waals surface area contributed by atoms with E-state index in [1.54, 1.807) is 12.1 Å². The fourth-order valence-electron chi connectivity index (χ4n) is 3.08. The molecule has 0 unspecified atom stereocenters. The molecule has 8 heteroatoms. The molecular weight excluding hydrogens is 404 g/mol. The van der Waals surface area contributed by atoms with Gasteiger partial charge in [-0.3, -0.25) is 4.79 Å². The van der Waals surface area contributed by atoms with Crippen LogP contribution in [-0.2, 0) is 23.2 Å². The van der Waals surface area contributed by atoms with Crippen molar-refractivity contribution in [1.82, 2.24) is 9.29 Å². The van der Waals surface area contributed by atoms with Crippen LogP contribution in [0, 0.1) is 0 Å². The summed E-state index contributed by atoms with van der Waals surface area (Å²) >= 11 is 0. The third-order valence-corrected chi connectivity index (χ3v) is 6.12. The van der Waals surface area contributed by atoms with Gasteiger partial charge in [-0.25, -0.2) is 13.1 Å². The highest BCUT2D eigenvalue weighted by atomic mass is 32.2. The lowest BCUT2D eigenvalue weighted by atomic mass is 10.2. The molecule has 0 amide bonds. The molecule has 2 aromatic heterocycles. The van der Waals surface area contributed by atoms with Gasteiger partial charge in [-0.05, 0) is 35.5 Å². The first-order valence-electron chi connectivity index (χ1n) is 9.26. The summed E-state index contributed by atoms with van der Waals surface area (Å²) in [4.78, 5) is 12.5. The first-order chi connectivity index (χ1) is 14.4. The topological polar surface area (TPSA) is 90.5 Å². The third-order valence-electron chi connectivity index (χ3n) is 4.69. The van der Waals surface area contributed by atoms with Crippen LogP contribution in [0.4, 0.5) is 0 Å². The fourth-order valence-corrected chi connectivity index (χ4v) is 3.81. The Hall–Kier alpha value is -3.36. The molecule has 0 fully saturated rings. The van der Waals surface area contributed by atoms with Crippen molar-refractivity contribution in [3.63, 3.8) is 0 Å². The van der Waals surface area contributed by atoms with E-state index in [0.717, 1.165) is 16.3 Å². The van der Waals surface area contributed by atoms with Crippen LogP contribution in [0.3, 0.4) is 0 Å². The minimum absolute atomic E-state index is 0.100. The molecule has 2 heterocycles. The van der Waals surface area contributed by atoms with E-state index in [0.29, 0.717) is 12.3 Å². The number of sulfonamides is 1. The Morgan fingerprint density at radius 1 is 1.03 bits per heavy atom. The van der Waals surface area contributed by atoms with Gasteiger partial charge in [-0.15, -0.1) is 0 Å². The van der Waals surface area contributed by atoms with Crippen LogP contribution in [-0.4, -0.2) is 20.0 Å². The highest BCUT2D eigenvalue weighted by Crippen LogP contribution is 2.17. The van der Waals surface area contributed by atoms with E-state index >= 15 is 0 Å². The van der Waals surface area contributed by atoms with Crippen molar-refractivity contribution in [2.45, 2.75) is 18.0 Å². The summed E-state index contributed by atoms with van der Waals surface area (Å²) in [7, 11) is -2.13. The van der Waals surface area contributed by atoms with Gasteiger partial charge >= 0.3 is 0 Å². The number of hydrogen-bond donors (Lipinski definition) is 1. The van der Waals surface area contributed by atoms with Crippen LogP contribution in [0.1, 0.15) is 11.3 Å². The Morgan fingerprint density at radius 3 is 2.30 bits per heavy atom. The number of nitrogens with zero attached hydrogens (tertiary/aromatic N) is 1. The minimum atomic E-state index is -3.49. The van der Waals surface area contributed by atoms with Gasteiger partial charge in [-0.2, -0.15) is 0 Å². The summed E-state index contributed by atoms with van der Waals surface area (Å²) in [5.74, 6) is 0.623. The quantitative estimate of drug-likeness (QED) is 0.492. The Bertz CT molecular complexity index is 1300. The monoisotopic (exact) mass is 424 g/mol. The molecule has 0 bridgehead atoms. The zero-order valence-corrected chi connectivity index (χ0v) is 17.1. The van der Waals surface area contributed by atoms with Crippen molar-refractivity contribution >= 4 is 20.8 Å². The largest absolute Gasteiger partial charge is 0.482 e. The van der Waals surface area contributed by atoms with E-state index < -0.39 is 10.0 Å². The molecule has 0 saturated heterocycles. The smallest absolute Gasteiger partial charge is 0.240 e. The average molecular weight is 424 g/mol. The lowest BCUT2D eigenvalue weighted by Gasteiger charge is -2.08. The predicted molar refractivity (Wildman–Crippen MR) is 113 cm³/mol. The van der Waals surface area contributed by atoms with Crippen LogP contribution >= 0.6 is 0 Å². The molecule has 2 aromatic carbocycles. The molecule has 4 rings (SSSR count). The number of fused-ring (bicyclic) bond motifs is 1. The van der Waals surface area contributed by atoms with Gasteiger partial charge in [0.2, 0.25) is 21.2 Å². The van der Waals surface area contributed by atoms with Crippen molar-refractivity contribution in [1.29, 1.82) is 0 Å². The maximum absolute atomic E-state index is 12.4. The van der Waals surface area contributed by atoms with Crippen LogP contribution < -0.4 is 14.9 Å². The average Bonchev–Trinajstić information content (AvgIpc) is 3.16. The van der Waals surface area contributed by atoms with E-state index in [4.69, 9.17) is 9.15 Å². The lowest BCUT2D eigenvalue weighted by molar-refractivity contribution is 0.289. The standard InChI is InChI=1S/C22H20N2O5S/c1-23-30(26,27)20-8-6-16(7-9-20)14-29-22-15-28-19(10-21(22)25)13-24-11-17-4-2-3-5-18(17)12-24/h2-12,15,23H,13-14H2,1H3. The molecule has 0 atom stereocenters. The second-order valence-electron chi connectivity index (χ2n) is 6.77. The third kappa shape index (κ3) is 4.29. The number of nitrogens with one attached hydrogen (secondary N) is 1. The maximum Gasteiger partial charge on any atom is 0.240 e. The SMILES string of the molecule is CNS(=O)(=O)c1ccc(COc2coc(Cn3cc4ccccc4c3)cc2=O)cc1. The van der Waals surface area contributed by atoms with Crippen LogP contribution in [0.15, 0.2) is 87.4 Å². The van der Waals surface area contributed by atoms with Crippen molar-refractivity contribution < 1.29 is 17.6 Å². The summed E-state index contributed by atoms with van der Waals surface area (Å²) in [6, 6.07) is 15.7. The van der Waals surface area contributed by atoms with Crippen LogP contribution in [0.5, 0.6) is 5.75 Å². The number of aromatic nitrogens is 1. The van der Waals surface area contributed by atoms with Gasteiger partial charge in [0.25, 0.3) is 0 Å². The first kappa shape index (κ1) is 19.9. The second-order valence-corrected chi connectivity index (χ2v) is 8.66. The number of rotatable bonds is 7. The summed E-state index contributed by atoms with van der Waals surface area (Å²) in [6.45, 7) is 0.554. The van der Waals surface area contributed by atoms with Crippen LogP contribution in [0.25, 0.3) is 10.8 Å². The van der Waals surface area contributed by atoms with Gasteiger partial charge in [-0.1, -0.05) is 36.4 Å². The van der Waals surface area contributed by atoms with Gasteiger partial charge in [0, 0.05) is 18.5 Å². The molecule has 0 aliphatic heterocycles. The predicted octanol–water partition coefficient (Wildman–Crippen LogP) is 3.13. The zero-order valence-electron chi connectivity index (χ0n) is 16.2. The molecule has 7 nitrogen and oxygen atoms in total. The number of hydrogen-bond acceptors (Lipinski definition) is 5. The Kier molecular flexibility index (Phi) is 5.43. The molecule has 4 aromatic rings. The normalized spacial score (nSPS) is 11.6. The molecular formula is C22H20N2O5S. The summed E-state index contributed by atoms with van der Waals surface area (Å²) in [5, 5.41) is 2.24. The number of benzene rings is 2. The molecule has 154 valence electrons. The van der Waals surface area contributed by atoms with Gasteiger partial charge in [0.15, 0.2) is 0 Å². The summed E-state index contributed by atoms with van der Waals surface area (Å²) in [5.41, 5.74) is 0.454. The molecule has 30 heavy (non-hydrogen) atoms. The Morgan fingerprint density at radius 2 is 1.70 bits per heavy atom. The van der Waals surface area contributed by atoms with Gasteiger partial charge in [0.1, 0.15) is 18.6 Å². The van der Waals surface area contributed by atoms with Crippen molar-refractivity contribution in [3.8, 4) is 5.75 Å². The van der Waals surface area contributed by atoms with Gasteiger partial charge in [0.05, 0.1) is 11.4 Å². The van der Waals surface area contributed by atoms with Crippen molar-refractivity contribution in [3.05, 3.63) is 94.8 Å². The van der Waals surface area contributed by atoms with Crippen molar-refractivity contribution in [2.75, 3.05) is 7.05 Å². The summed E-state index contributed by atoms with van der Waals surface area (Å²) < 4.78 is 38.8. The minimum Gasteiger partial charge on any atom is -0.482 e. The molecule has 0 spiro atoms. The Balaban J connectivity index is 1.42. The first-order valence-corrected chi connectivity index (χ1v) is 10.7. The van der Waals surface area contributed by atoms with E-state index in [1.165, 1.54) is 31.5 Å². The fraction of sp³-hybridized carbons (Fsp3) is 0.136. The maximum atomic E-state index is 12.4. The molecule has 0 radical (unpaired) electrons. The number of ether oxygens (including phenoxy) is 1. The molecule has 0 saturated carbocycles. The summed E-state index contributed by atoms with van der Waals surface area (Å²) in [6.07, 6.45) is 5.30. The van der Waals surface area contributed by atoms with Crippen LogP contribution in [0.2, 0.25) is 0 Å². The molecule has 1 N–H and O–H groups in total. The van der Waals surface area contributed by atoms with E-state index in [2.05, 4.69) is 4.72 Å². The highest BCUT2D eigenvalue weighted by Gasteiger charge is 2.11. The second kappa shape index (κ2) is 8.17. The van der Waals surface area contributed by atoms with E-state index in [9.17, 15) is 13.2 Å². The lowest BCUT2D eigenvalue weighted by Crippen LogP contribution is -2.18. The van der Waals surface area contributed by atoms with E-state index in [1.807, 2.05) is 41.2 Å². The Labute approximate surface area is 173 Å². The molecule has 0 aliphatic carbocycles. The van der Waals surface area contributed by atoms with Crippen molar-refractivity contribution in [2.24, 2.45) is 0 Å². The van der Waals surface area contributed by atoms with E-state index in [-0.39, 0.29) is 22.7 Å².